The van der Waals surface area contributed by atoms with Gasteiger partial charge in [-0.2, -0.15) is 0 Å². The molecule has 0 aromatic rings. The molecule has 0 heterocycles. The topological polar surface area (TPSA) is 29.1 Å². The van der Waals surface area contributed by atoms with Crippen LogP contribution in [0.25, 0.3) is 0 Å². The van der Waals surface area contributed by atoms with E-state index in [1.807, 2.05) is 6.92 Å². The van der Waals surface area contributed by atoms with Crippen molar-refractivity contribution >= 4 is 5.78 Å². The van der Waals surface area contributed by atoms with Crippen LogP contribution in [0.15, 0.2) is 0 Å². The van der Waals surface area contributed by atoms with Crippen LogP contribution in [0.1, 0.15) is 42.0 Å². The minimum absolute atomic E-state index is 0. The summed E-state index contributed by atoms with van der Waals surface area (Å²) in [4.78, 5) is 11.2. The van der Waals surface area contributed by atoms with E-state index in [0.717, 1.165) is 6.54 Å². The molecule has 0 bridgehead atoms. The van der Waals surface area contributed by atoms with E-state index in [4.69, 9.17) is 0 Å². The van der Waals surface area contributed by atoms with Crippen molar-refractivity contribution in [3.63, 3.8) is 0 Å². The Balaban J connectivity index is 0. The average Bonchev–Trinajstić information content (AvgIpc) is 2.03. The van der Waals surface area contributed by atoms with Crippen LogP contribution in [-0.2, 0) is 4.79 Å². The third kappa shape index (κ3) is 4.50. The van der Waals surface area contributed by atoms with Crippen LogP contribution in [0.2, 0.25) is 0 Å². The first kappa shape index (κ1) is 11.6. The second kappa shape index (κ2) is 6.18. The molecular weight excluding hydrogens is 150 g/mol. The summed E-state index contributed by atoms with van der Waals surface area (Å²) in [5, 5.41) is 3.33. The van der Waals surface area contributed by atoms with E-state index >= 15 is 0 Å². The molecule has 0 aromatic carbocycles. The lowest BCUT2D eigenvalue weighted by molar-refractivity contribution is -0.119. The molecule has 1 N–H and O–H groups in total. The second-order valence-electron chi connectivity index (χ2n) is 3.50. The zero-order chi connectivity index (χ0) is 9.56. The molecule has 0 saturated carbocycles. The Morgan fingerprint density at radius 3 is 2.33 bits per heavy atom. The van der Waals surface area contributed by atoms with Gasteiger partial charge in [0.05, 0.1) is 0 Å². The third-order valence-electron chi connectivity index (χ3n) is 2.11. The number of rotatable bonds is 6. The van der Waals surface area contributed by atoms with Crippen LogP contribution >= 0.6 is 0 Å². The first-order valence-corrected chi connectivity index (χ1v) is 4.86. The van der Waals surface area contributed by atoms with E-state index < -0.39 is 0 Å². The average molecular weight is 173 g/mol. The largest absolute Gasteiger partial charge is 0.314 e. The van der Waals surface area contributed by atoms with Gasteiger partial charge in [-0.15, -0.1) is 0 Å². The second-order valence-corrected chi connectivity index (χ2v) is 3.50. The van der Waals surface area contributed by atoms with Crippen LogP contribution < -0.4 is 5.32 Å². The Bertz CT molecular complexity index is 137. The number of nitrogens with one attached hydrogen (secondary N) is 1. The SMILES string of the molecule is CCNC(CC(=O)CC)C(C)C.[HH]. The van der Waals surface area contributed by atoms with E-state index in [1.54, 1.807) is 0 Å². The van der Waals surface area contributed by atoms with Crippen LogP contribution in [0.3, 0.4) is 0 Å². The van der Waals surface area contributed by atoms with Gasteiger partial charge in [0.25, 0.3) is 0 Å². The predicted octanol–water partition coefficient (Wildman–Crippen LogP) is 2.24. The summed E-state index contributed by atoms with van der Waals surface area (Å²) in [6.07, 6.45) is 1.34. The minimum atomic E-state index is 0. The van der Waals surface area contributed by atoms with Crippen LogP contribution in [-0.4, -0.2) is 18.4 Å². The molecule has 0 rings (SSSR count). The van der Waals surface area contributed by atoms with Gasteiger partial charge in [0.2, 0.25) is 0 Å². The quantitative estimate of drug-likeness (QED) is 0.667. The number of Topliss-reactive ketones (excluding diaryl/α,β-unsaturated/α-hetero) is 1. The first-order valence-electron chi connectivity index (χ1n) is 4.86. The van der Waals surface area contributed by atoms with E-state index in [0.29, 0.717) is 30.6 Å². The lowest BCUT2D eigenvalue weighted by Crippen LogP contribution is -2.35. The summed E-state index contributed by atoms with van der Waals surface area (Å²) in [6.45, 7) is 9.24. The molecule has 12 heavy (non-hydrogen) atoms. The lowest BCUT2D eigenvalue weighted by atomic mass is 9.98. The highest BCUT2D eigenvalue weighted by molar-refractivity contribution is 5.78. The summed E-state index contributed by atoms with van der Waals surface area (Å²) in [5.41, 5.74) is 0. The summed E-state index contributed by atoms with van der Waals surface area (Å²) >= 11 is 0. The Morgan fingerprint density at radius 2 is 2.00 bits per heavy atom. The lowest BCUT2D eigenvalue weighted by Gasteiger charge is -2.20. The molecule has 0 spiro atoms. The Labute approximate surface area is 77.2 Å². The molecule has 0 amide bonds. The number of hydrogen-bond acceptors (Lipinski definition) is 2. The molecule has 0 radical (unpaired) electrons. The van der Waals surface area contributed by atoms with Crippen molar-refractivity contribution in [2.45, 2.75) is 46.6 Å². The van der Waals surface area contributed by atoms with Gasteiger partial charge in [0.15, 0.2) is 0 Å². The highest BCUT2D eigenvalue weighted by Gasteiger charge is 2.14. The standard InChI is InChI=1S/C10H21NO.H2/c1-5-9(12)7-10(8(3)4)11-6-2;/h8,10-11H,5-7H2,1-4H3;1H. The van der Waals surface area contributed by atoms with Crippen molar-refractivity contribution in [2.75, 3.05) is 6.54 Å². The molecule has 0 aromatic heterocycles. The van der Waals surface area contributed by atoms with Crippen molar-refractivity contribution in [1.82, 2.24) is 5.32 Å². The number of ketones is 1. The monoisotopic (exact) mass is 173 g/mol. The van der Waals surface area contributed by atoms with Crippen molar-refractivity contribution in [1.29, 1.82) is 0 Å². The molecule has 0 aliphatic carbocycles. The fraction of sp³-hybridized carbons (Fsp3) is 0.900. The molecule has 0 aliphatic rings. The van der Waals surface area contributed by atoms with Crippen molar-refractivity contribution in [3.05, 3.63) is 0 Å². The molecular formula is C10H23NO. The summed E-state index contributed by atoms with van der Waals surface area (Å²) in [6, 6.07) is 0.363. The van der Waals surface area contributed by atoms with Crippen molar-refractivity contribution < 1.29 is 6.22 Å². The van der Waals surface area contributed by atoms with Gasteiger partial charge >= 0.3 is 0 Å². The fourth-order valence-corrected chi connectivity index (χ4v) is 1.20. The smallest absolute Gasteiger partial charge is 0.134 e. The molecule has 1 unspecified atom stereocenters. The van der Waals surface area contributed by atoms with Crippen LogP contribution in [0.5, 0.6) is 0 Å². The molecule has 0 aliphatic heterocycles. The summed E-state index contributed by atoms with van der Waals surface area (Å²) in [5.74, 6) is 0.898. The highest BCUT2D eigenvalue weighted by Crippen LogP contribution is 2.07. The van der Waals surface area contributed by atoms with E-state index in [9.17, 15) is 4.79 Å². The van der Waals surface area contributed by atoms with Gasteiger partial charge in [0.1, 0.15) is 5.78 Å². The molecule has 0 fully saturated rings. The van der Waals surface area contributed by atoms with Crippen molar-refractivity contribution in [3.8, 4) is 0 Å². The maximum atomic E-state index is 11.2. The van der Waals surface area contributed by atoms with Gasteiger partial charge in [-0.1, -0.05) is 27.7 Å². The van der Waals surface area contributed by atoms with Crippen LogP contribution in [0, 0.1) is 5.92 Å². The molecule has 2 heteroatoms. The van der Waals surface area contributed by atoms with Gasteiger partial charge in [-0.25, -0.2) is 0 Å². The zero-order valence-corrected chi connectivity index (χ0v) is 8.68. The zero-order valence-electron chi connectivity index (χ0n) is 8.68. The molecule has 0 saturated heterocycles. The maximum Gasteiger partial charge on any atom is 0.134 e. The fourth-order valence-electron chi connectivity index (χ4n) is 1.20. The van der Waals surface area contributed by atoms with Crippen molar-refractivity contribution in [2.24, 2.45) is 5.92 Å². The third-order valence-corrected chi connectivity index (χ3v) is 2.11. The number of carbonyl (C=O) groups is 1. The number of hydrogen-bond donors (Lipinski definition) is 1. The van der Waals surface area contributed by atoms with E-state index in [-0.39, 0.29) is 1.43 Å². The molecule has 1 atom stereocenters. The van der Waals surface area contributed by atoms with Gasteiger partial charge < -0.3 is 5.32 Å². The predicted molar refractivity (Wildman–Crippen MR) is 54.3 cm³/mol. The van der Waals surface area contributed by atoms with Crippen LogP contribution in [0.4, 0.5) is 0 Å². The maximum absolute atomic E-state index is 11.2. The first-order chi connectivity index (χ1) is 5.61. The molecule has 74 valence electrons. The Hall–Kier alpha value is -0.370. The van der Waals surface area contributed by atoms with Gasteiger partial charge in [0, 0.05) is 20.3 Å². The van der Waals surface area contributed by atoms with E-state index in [2.05, 4.69) is 26.1 Å². The van der Waals surface area contributed by atoms with E-state index in [1.165, 1.54) is 0 Å². The minimum Gasteiger partial charge on any atom is -0.314 e. The highest BCUT2D eigenvalue weighted by atomic mass is 16.1. The van der Waals surface area contributed by atoms with Gasteiger partial charge in [-0.05, 0) is 12.5 Å². The summed E-state index contributed by atoms with van der Waals surface area (Å²) in [7, 11) is 0. The summed E-state index contributed by atoms with van der Waals surface area (Å²) < 4.78 is 0. The Kier molecular flexibility index (Phi) is 5.99. The van der Waals surface area contributed by atoms with Gasteiger partial charge in [-0.3, -0.25) is 4.79 Å². The normalized spacial score (nSPS) is 13.4. The Morgan fingerprint density at radius 1 is 1.42 bits per heavy atom. The molecule has 2 nitrogen and oxygen atoms in total. The number of carbonyl (C=O) groups excluding carboxylic acids is 1.